The molecule has 3 N–H and O–H groups in total. The van der Waals surface area contributed by atoms with Crippen LogP contribution in [0.15, 0.2) is 23.2 Å². The molecule has 0 aromatic heterocycles. The third-order valence-electron chi connectivity index (χ3n) is 4.72. The SMILES string of the molecule is CCOc1cccc(CNC(=NC)NCCS(=O)(=O)NCC2CCC2)c1OC(F)F.I. The second-order valence-electron chi connectivity index (χ2n) is 6.87. The summed E-state index contributed by atoms with van der Waals surface area (Å²) in [6.07, 6.45) is 3.30. The van der Waals surface area contributed by atoms with E-state index in [0.29, 0.717) is 30.6 Å². The molecular formula is C19H31F2IN4O4S. The minimum absolute atomic E-state index is 0. The standard InChI is InChI=1S/C19H30F2N4O4S.HI/c1-3-28-16-9-5-8-15(17(16)29-18(20)21)13-24-19(22-2)23-10-11-30(26,27)25-12-14-6-4-7-14;/h5,8-9,14,18,25H,3-4,6-7,10-13H2,1-2H3,(H2,22,23,24);1H. The first-order valence-corrected chi connectivity index (χ1v) is 11.6. The Kier molecular flexibility index (Phi) is 12.4. The molecule has 0 saturated heterocycles. The molecule has 0 spiro atoms. The molecule has 1 aromatic rings. The number of benzene rings is 1. The van der Waals surface area contributed by atoms with Gasteiger partial charge in [0.25, 0.3) is 0 Å². The van der Waals surface area contributed by atoms with Gasteiger partial charge < -0.3 is 20.1 Å². The Labute approximate surface area is 199 Å². The summed E-state index contributed by atoms with van der Waals surface area (Å²) in [5, 5.41) is 5.88. The molecular weight excluding hydrogens is 545 g/mol. The third kappa shape index (κ3) is 9.73. The fourth-order valence-corrected chi connectivity index (χ4v) is 3.91. The highest BCUT2D eigenvalue weighted by molar-refractivity contribution is 14.0. The van der Waals surface area contributed by atoms with Crippen molar-refractivity contribution in [2.24, 2.45) is 10.9 Å². The van der Waals surface area contributed by atoms with Crippen molar-refractivity contribution < 1.29 is 26.7 Å². The van der Waals surface area contributed by atoms with Gasteiger partial charge in [-0.25, -0.2) is 13.1 Å². The molecule has 0 amide bonds. The molecule has 1 aliphatic rings. The number of nitrogens with one attached hydrogen (secondary N) is 3. The number of rotatable bonds is 12. The molecule has 0 aliphatic heterocycles. The van der Waals surface area contributed by atoms with Gasteiger partial charge in [-0.3, -0.25) is 4.99 Å². The highest BCUT2D eigenvalue weighted by Crippen LogP contribution is 2.32. The van der Waals surface area contributed by atoms with E-state index < -0.39 is 16.6 Å². The van der Waals surface area contributed by atoms with Gasteiger partial charge in [0.1, 0.15) is 0 Å². The van der Waals surface area contributed by atoms with Crippen molar-refractivity contribution in [3.8, 4) is 11.5 Å². The monoisotopic (exact) mass is 576 g/mol. The Bertz CT molecular complexity index is 808. The first-order valence-electron chi connectivity index (χ1n) is 9.96. The fraction of sp³-hybridized carbons (Fsp3) is 0.632. The number of ether oxygens (including phenoxy) is 2. The molecule has 12 heteroatoms. The summed E-state index contributed by atoms with van der Waals surface area (Å²) in [5.74, 6) is 0.872. The van der Waals surface area contributed by atoms with Crippen LogP contribution in [0.5, 0.6) is 11.5 Å². The average Bonchev–Trinajstić information content (AvgIpc) is 2.65. The maximum Gasteiger partial charge on any atom is 0.387 e. The highest BCUT2D eigenvalue weighted by atomic mass is 127. The van der Waals surface area contributed by atoms with Crippen molar-refractivity contribution in [2.75, 3.05) is 32.5 Å². The Balaban J connectivity index is 0.00000480. The van der Waals surface area contributed by atoms with Crippen LogP contribution in [0.4, 0.5) is 8.78 Å². The van der Waals surface area contributed by atoms with Crippen molar-refractivity contribution in [3.63, 3.8) is 0 Å². The molecule has 0 atom stereocenters. The van der Waals surface area contributed by atoms with Crippen LogP contribution >= 0.6 is 24.0 Å². The van der Waals surface area contributed by atoms with E-state index in [1.165, 1.54) is 7.05 Å². The van der Waals surface area contributed by atoms with Crippen LogP contribution in [0.25, 0.3) is 0 Å². The summed E-state index contributed by atoms with van der Waals surface area (Å²) in [4.78, 5) is 4.03. The molecule has 8 nitrogen and oxygen atoms in total. The maximum atomic E-state index is 12.8. The number of para-hydroxylation sites is 1. The predicted octanol–water partition coefficient (Wildman–Crippen LogP) is 2.69. The molecule has 178 valence electrons. The predicted molar refractivity (Wildman–Crippen MR) is 127 cm³/mol. The van der Waals surface area contributed by atoms with Crippen molar-refractivity contribution in [1.29, 1.82) is 0 Å². The van der Waals surface area contributed by atoms with Gasteiger partial charge >= 0.3 is 6.61 Å². The topological polar surface area (TPSA) is 101 Å². The van der Waals surface area contributed by atoms with Gasteiger partial charge in [-0.2, -0.15) is 8.78 Å². The fourth-order valence-electron chi connectivity index (χ4n) is 2.91. The van der Waals surface area contributed by atoms with E-state index in [0.717, 1.165) is 19.3 Å². The summed E-state index contributed by atoms with van der Waals surface area (Å²) in [6, 6.07) is 4.87. The first kappa shape index (κ1) is 27.6. The maximum absolute atomic E-state index is 12.8. The number of alkyl halides is 2. The van der Waals surface area contributed by atoms with Crippen molar-refractivity contribution >= 4 is 40.0 Å². The van der Waals surface area contributed by atoms with Gasteiger partial charge in [0, 0.05) is 32.2 Å². The van der Waals surface area contributed by atoms with E-state index in [1.807, 2.05) is 0 Å². The number of hydrogen-bond acceptors (Lipinski definition) is 5. The minimum atomic E-state index is -3.37. The zero-order valence-electron chi connectivity index (χ0n) is 17.7. The number of aliphatic imine (C=N–C) groups is 1. The molecule has 1 fully saturated rings. The van der Waals surface area contributed by atoms with Crippen molar-refractivity contribution in [2.45, 2.75) is 39.3 Å². The zero-order valence-corrected chi connectivity index (χ0v) is 20.8. The van der Waals surface area contributed by atoms with Gasteiger partial charge in [-0.1, -0.05) is 18.6 Å². The van der Waals surface area contributed by atoms with E-state index in [2.05, 4.69) is 25.1 Å². The number of sulfonamides is 1. The molecule has 0 heterocycles. The number of hydrogen-bond donors (Lipinski definition) is 3. The molecule has 0 radical (unpaired) electrons. The normalized spacial score (nSPS) is 14.5. The number of nitrogens with zero attached hydrogens (tertiary/aromatic N) is 1. The Morgan fingerprint density at radius 3 is 2.61 bits per heavy atom. The second kappa shape index (κ2) is 13.9. The van der Waals surface area contributed by atoms with Crippen molar-refractivity contribution in [3.05, 3.63) is 23.8 Å². The quantitative estimate of drug-likeness (QED) is 0.201. The average molecular weight is 576 g/mol. The van der Waals surface area contributed by atoms with Crippen LogP contribution in [0.1, 0.15) is 31.7 Å². The van der Waals surface area contributed by atoms with E-state index in [1.54, 1.807) is 25.1 Å². The van der Waals surface area contributed by atoms with Gasteiger partial charge in [0.05, 0.1) is 12.4 Å². The molecule has 1 aromatic carbocycles. The molecule has 1 aliphatic carbocycles. The van der Waals surface area contributed by atoms with E-state index in [4.69, 9.17) is 4.74 Å². The summed E-state index contributed by atoms with van der Waals surface area (Å²) in [5.41, 5.74) is 0.457. The molecule has 0 bridgehead atoms. The van der Waals surface area contributed by atoms with Crippen molar-refractivity contribution in [1.82, 2.24) is 15.4 Å². The largest absolute Gasteiger partial charge is 0.490 e. The van der Waals surface area contributed by atoms with Gasteiger partial charge in [0.2, 0.25) is 10.0 Å². The molecule has 1 saturated carbocycles. The lowest BCUT2D eigenvalue weighted by molar-refractivity contribution is -0.0520. The second-order valence-corrected chi connectivity index (χ2v) is 8.80. The lowest BCUT2D eigenvalue weighted by atomic mass is 9.86. The van der Waals surface area contributed by atoms with Gasteiger partial charge in [0.15, 0.2) is 17.5 Å². The highest BCUT2D eigenvalue weighted by Gasteiger charge is 2.20. The molecule has 0 unspecified atom stereocenters. The van der Waals surface area contributed by atoms with E-state index in [-0.39, 0.29) is 54.3 Å². The van der Waals surface area contributed by atoms with Crippen LogP contribution in [0.3, 0.4) is 0 Å². The van der Waals surface area contributed by atoms with E-state index >= 15 is 0 Å². The van der Waals surface area contributed by atoms with Crippen LogP contribution < -0.4 is 24.8 Å². The number of halogens is 3. The smallest absolute Gasteiger partial charge is 0.387 e. The van der Waals surface area contributed by atoms with Crippen LogP contribution in [0.2, 0.25) is 0 Å². The van der Waals surface area contributed by atoms with E-state index in [9.17, 15) is 17.2 Å². The molecule has 2 rings (SSSR count). The van der Waals surface area contributed by atoms with Gasteiger partial charge in [-0.05, 0) is 31.7 Å². The Hall–Kier alpha value is -1.41. The lowest BCUT2D eigenvalue weighted by Gasteiger charge is -2.25. The van der Waals surface area contributed by atoms with Crippen LogP contribution in [0, 0.1) is 5.92 Å². The lowest BCUT2D eigenvalue weighted by Crippen LogP contribution is -2.41. The van der Waals surface area contributed by atoms with Crippen LogP contribution in [-0.2, 0) is 16.6 Å². The Morgan fingerprint density at radius 2 is 2.03 bits per heavy atom. The minimum Gasteiger partial charge on any atom is -0.490 e. The van der Waals surface area contributed by atoms with Gasteiger partial charge in [-0.15, -0.1) is 24.0 Å². The third-order valence-corrected chi connectivity index (χ3v) is 6.07. The molecule has 31 heavy (non-hydrogen) atoms. The number of guanidine groups is 1. The van der Waals surface area contributed by atoms with Crippen LogP contribution in [-0.4, -0.2) is 53.5 Å². The summed E-state index contributed by atoms with van der Waals surface area (Å²) < 4.78 is 62.3. The zero-order chi connectivity index (χ0) is 22.0. The first-order chi connectivity index (χ1) is 14.3. The summed E-state index contributed by atoms with van der Waals surface area (Å²) >= 11 is 0. The summed E-state index contributed by atoms with van der Waals surface area (Å²) in [6.45, 7) is -0.159. The Morgan fingerprint density at radius 1 is 1.29 bits per heavy atom. The summed E-state index contributed by atoms with van der Waals surface area (Å²) in [7, 11) is -1.84.